The van der Waals surface area contributed by atoms with Crippen molar-refractivity contribution < 1.29 is 9.72 Å². The number of nitrogens with zero attached hydrogens (tertiary/aromatic N) is 1. The number of nitro groups is 1. The van der Waals surface area contributed by atoms with Gasteiger partial charge in [-0.3, -0.25) is 14.9 Å². The Morgan fingerprint density at radius 3 is 2.50 bits per heavy atom. The van der Waals surface area contributed by atoms with Gasteiger partial charge in [-0.15, -0.1) is 0 Å². The van der Waals surface area contributed by atoms with Gasteiger partial charge in [-0.25, -0.2) is 0 Å². The van der Waals surface area contributed by atoms with Gasteiger partial charge >= 0.3 is 0 Å². The van der Waals surface area contributed by atoms with Crippen LogP contribution in [0, 0.1) is 24.0 Å². The Morgan fingerprint density at radius 1 is 1.39 bits per heavy atom. The highest BCUT2D eigenvalue weighted by Gasteiger charge is 2.46. The van der Waals surface area contributed by atoms with E-state index in [2.05, 4.69) is 5.32 Å². The molecule has 0 aliphatic heterocycles. The molecule has 1 aliphatic carbocycles. The maximum absolute atomic E-state index is 11.8. The molecule has 6 nitrogen and oxygen atoms in total. The van der Waals surface area contributed by atoms with Gasteiger partial charge < -0.3 is 11.1 Å². The van der Waals surface area contributed by atoms with Gasteiger partial charge in [-0.2, -0.15) is 0 Å². The van der Waals surface area contributed by atoms with Crippen LogP contribution < -0.4 is 11.1 Å². The summed E-state index contributed by atoms with van der Waals surface area (Å²) in [6.45, 7) is 3.36. The van der Waals surface area contributed by atoms with Crippen molar-refractivity contribution in [3.8, 4) is 0 Å². The van der Waals surface area contributed by atoms with Gasteiger partial charge in [-0.05, 0) is 38.3 Å². The van der Waals surface area contributed by atoms with E-state index in [9.17, 15) is 14.9 Å². The van der Waals surface area contributed by atoms with Gasteiger partial charge in [0.05, 0.1) is 10.5 Å². The predicted octanol–water partition coefficient (Wildman–Crippen LogP) is 1.64. The van der Waals surface area contributed by atoms with Crippen LogP contribution >= 0.6 is 0 Å². The molecular formula is C12H15N3O3. The second-order valence-corrected chi connectivity index (χ2v) is 4.82. The van der Waals surface area contributed by atoms with E-state index < -0.39 is 10.5 Å². The Kier molecular flexibility index (Phi) is 2.82. The molecule has 1 aromatic rings. The SMILES string of the molecule is Cc1cc([N+](=O)[O-])c(C)cc1NC(=O)C1(N)CC1. The van der Waals surface area contributed by atoms with Crippen LogP contribution in [0.1, 0.15) is 24.0 Å². The summed E-state index contributed by atoms with van der Waals surface area (Å²) < 4.78 is 0. The Balaban J connectivity index is 2.27. The van der Waals surface area contributed by atoms with Crippen LogP contribution in [-0.2, 0) is 4.79 Å². The van der Waals surface area contributed by atoms with Crippen molar-refractivity contribution in [1.82, 2.24) is 0 Å². The fraction of sp³-hybridized carbons (Fsp3) is 0.417. The Morgan fingerprint density at radius 2 is 2.00 bits per heavy atom. The Bertz CT molecular complexity index is 536. The van der Waals surface area contributed by atoms with Gasteiger partial charge in [0.15, 0.2) is 0 Å². The van der Waals surface area contributed by atoms with E-state index in [0.717, 1.165) is 0 Å². The van der Waals surface area contributed by atoms with Crippen molar-refractivity contribution in [1.29, 1.82) is 0 Å². The van der Waals surface area contributed by atoms with Crippen LogP contribution in [0.5, 0.6) is 0 Å². The Hall–Kier alpha value is -1.95. The van der Waals surface area contributed by atoms with E-state index in [4.69, 9.17) is 5.73 Å². The van der Waals surface area contributed by atoms with Crippen molar-refractivity contribution in [2.24, 2.45) is 5.73 Å². The van der Waals surface area contributed by atoms with Gasteiger partial charge in [-0.1, -0.05) is 0 Å². The molecule has 6 heteroatoms. The van der Waals surface area contributed by atoms with Gasteiger partial charge in [0.1, 0.15) is 0 Å². The van der Waals surface area contributed by atoms with Crippen LogP contribution in [0.25, 0.3) is 0 Å². The molecule has 0 aromatic heterocycles. The molecule has 1 aromatic carbocycles. The molecule has 0 atom stereocenters. The van der Waals surface area contributed by atoms with Crippen molar-refractivity contribution in [2.45, 2.75) is 32.2 Å². The zero-order valence-electron chi connectivity index (χ0n) is 10.3. The minimum atomic E-state index is -0.748. The maximum Gasteiger partial charge on any atom is 0.272 e. The minimum Gasteiger partial charge on any atom is -0.324 e. The summed E-state index contributed by atoms with van der Waals surface area (Å²) in [6, 6.07) is 3.07. The number of nitrogens with one attached hydrogen (secondary N) is 1. The second kappa shape index (κ2) is 4.06. The van der Waals surface area contributed by atoms with E-state index in [0.29, 0.717) is 29.7 Å². The molecule has 18 heavy (non-hydrogen) atoms. The quantitative estimate of drug-likeness (QED) is 0.628. The number of hydrogen-bond donors (Lipinski definition) is 2. The summed E-state index contributed by atoms with van der Waals surface area (Å²) in [7, 11) is 0. The average Bonchev–Trinajstić information content (AvgIpc) is 3.02. The molecule has 1 aliphatic rings. The lowest BCUT2D eigenvalue weighted by Crippen LogP contribution is -2.38. The summed E-state index contributed by atoms with van der Waals surface area (Å²) in [6.07, 6.45) is 1.37. The smallest absolute Gasteiger partial charge is 0.272 e. The zero-order chi connectivity index (χ0) is 13.5. The first-order valence-electron chi connectivity index (χ1n) is 5.69. The summed E-state index contributed by atoms with van der Waals surface area (Å²) in [5.74, 6) is -0.223. The number of anilines is 1. The molecule has 0 unspecified atom stereocenters. The fourth-order valence-electron chi connectivity index (χ4n) is 1.74. The summed E-state index contributed by atoms with van der Waals surface area (Å²) in [5.41, 5.74) is 6.85. The first-order chi connectivity index (χ1) is 8.33. The lowest BCUT2D eigenvalue weighted by Gasteiger charge is -2.13. The second-order valence-electron chi connectivity index (χ2n) is 4.82. The van der Waals surface area contributed by atoms with E-state index in [-0.39, 0.29) is 11.6 Å². The van der Waals surface area contributed by atoms with Crippen molar-refractivity contribution in [2.75, 3.05) is 5.32 Å². The van der Waals surface area contributed by atoms with Crippen LogP contribution in [0.3, 0.4) is 0 Å². The van der Waals surface area contributed by atoms with Crippen LogP contribution in [0.15, 0.2) is 12.1 Å². The molecule has 0 saturated heterocycles. The molecule has 96 valence electrons. The number of rotatable bonds is 3. The number of nitrogens with two attached hydrogens (primary N) is 1. The topological polar surface area (TPSA) is 98.3 Å². The minimum absolute atomic E-state index is 0.0550. The average molecular weight is 249 g/mol. The number of aryl methyl sites for hydroxylation is 2. The number of amides is 1. The van der Waals surface area contributed by atoms with Gasteiger partial charge in [0, 0.05) is 17.3 Å². The molecular weight excluding hydrogens is 234 g/mol. The number of benzene rings is 1. The third-order valence-electron chi connectivity index (χ3n) is 3.23. The standard InChI is InChI=1S/C12H15N3O3/c1-7-6-10(15(17)18)8(2)5-9(7)14-11(16)12(13)3-4-12/h5-6H,3-4,13H2,1-2H3,(H,14,16). The molecule has 0 bridgehead atoms. The fourth-order valence-corrected chi connectivity index (χ4v) is 1.74. The molecule has 1 fully saturated rings. The van der Waals surface area contributed by atoms with E-state index in [1.165, 1.54) is 6.07 Å². The van der Waals surface area contributed by atoms with Crippen LogP contribution in [-0.4, -0.2) is 16.4 Å². The van der Waals surface area contributed by atoms with Crippen molar-refractivity contribution >= 4 is 17.3 Å². The summed E-state index contributed by atoms with van der Waals surface area (Å²) in [4.78, 5) is 22.2. The highest BCUT2D eigenvalue weighted by atomic mass is 16.6. The van der Waals surface area contributed by atoms with E-state index >= 15 is 0 Å². The summed E-state index contributed by atoms with van der Waals surface area (Å²) >= 11 is 0. The highest BCUT2D eigenvalue weighted by molar-refractivity contribution is 6.00. The lowest BCUT2D eigenvalue weighted by atomic mass is 10.1. The zero-order valence-corrected chi connectivity index (χ0v) is 10.3. The largest absolute Gasteiger partial charge is 0.324 e. The number of hydrogen-bond acceptors (Lipinski definition) is 4. The summed E-state index contributed by atoms with van der Waals surface area (Å²) in [5, 5.41) is 13.5. The normalized spacial score (nSPS) is 16.2. The van der Waals surface area contributed by atoms with Crippen molar-refractivity contribution in [3.05, 3.63) is 33.4 Å². The Labute approximate surface area is 104 Å². The molecule has 0 heterocycles. The van der Waals surface area contributed by atoms with Crippen molar-refractivity contribution in [3.63, 3.8) is 0 Å². The molecule has 1 saturated carbocycles. The van der Waals surface area contributed by atoms with Gasteiger partial charge in [0.25, 0.3) is 5.69 Å². The first kappa shape index (κ1) is 12.5. The number of carbonyl (C=O) groups excluding carboxylic acids is 1. The van der Waals surface area contributed by atoms with E-state index in [1.54, 1.807) is 19.9 Å². The predicted molar refractivity (Wildman–Crippen MR) is 67.4 cm³/mol. The first-order valence-corrected chi connectivity index (χ1v) is 5.69. The van der Waals surface area contributed by atoms with E-state index in [1.807, 2.05) is 0 Å². The molecule has 3 N–H and O–H groups in total. The third-order valence-corrected chi connectivity index (χ3v) is 3.23. The molecule has 0 radical (unpaired) electrons. The number of nitro benzene ring substituents is 1. The molecule has 1 amide bonds. The molecule has 0 spiro atoms. The molecule has 2 rings (SSSR count). The van der Waals surface area contributed by atoms with Crippen LogP contribution in [0.4, 0.5) is 11.4 Å². The third kappa shape index (κ3) is 2.19. The lowest BCUT2D eigenvalue weighted by molar-refractivity contribution is -0.385. The van der Waals surface area contributed by atoms with Gasteiger partial charge in [0.2, 0.25) is 5.91 Å². The van der Waals surface area contributed by atoms with Crippen LogP contribution in [0.2, 0.25) is 0 Å². The maximum atomic E-state index is 11.8. The number of carbonyl (C=O) groups is 1. The highest BCUT2D eigenvalue weighted by Crippen LogP contribution is 2.34. The monoisotopic (exact) mass is 249 g/mol.